The zero-order valence-electron chi connectivity index (χ0n) is 18.3. The first-order chi connectivity index (χ1) is 14.0. The quantitative estimate of drug-likeness (QED) is 0.548. The van der Waals surface area contributed by atoms with Crippen molar-refractivity contribution in [3.05, 3.63) is 64.9 Å². The molecule has 1 saturated carbocycles. The van der Waals surface area contributed by atoms with E-state index in [2.05, 4.69) is 23.3 Å². The zero-order chi connectivity index (χ0) is 22.5. The predicted octanol–water partition coefficient (Wildman–Crippen LogP) is 4.63. The molecule has 0 spiro atoms. The molecule has 2 N–H and O–H groups in total. The monoisotopic (exact) mass is 407 g/mol. The van der Waals surface area contributed by atoms with E-state index in [1.807, 2.05) is 32.9 Å². The summed E-state index contributed by atoms with van der Waals surface area (Å²) in [5.74, 6) is -0.579. The maximum absolute atomic E-state index is 12.2. The van der Waals surface area contributed by atoms with Crippen LogP contribution < -0.4 is 10.6 Å². The van der Waals surface area contributed by atoms with Crippen LogP contribution in [0.15, 0.2) is 59.3 Å². The average molecular weight is 408 g/mol. The van der Waals surface area contributed by atoms with Gasteiger partial charge in [-0.25, -0.2) is 4.79 Å². The number of allylic oxidation sites excluding steroid dienone is 3. The van der Waals surface area contributed by atoms with Crippen molar-refractivity contribution in [2.24, 2.45) is 0 Å². The lowest BCUT2D eigenvalue weighted by atomic mass is 10.0. The van der Waals surface area contributed by atoms with Crippen LogP contribution in [-0.4, -0.2) is 23.5 Å². The molecule has 6 heteroatoms. The molecule has 2 rings (SSSR count). The van der Waals surface area contributed by atoms with Crippen LogP contribution in [0.1, 0.15) is 57.8 Å². The number of rotatable bonds is 5. The fourth-order valence-corrected chi connectivity index (χ4v) is 3.17. The van der Waals surface area contributed by atoms with E-state index in [9.17, 15) is 14.9 Å². The Bertz CT molecular complexity index is 941. The van der Waals surface area contributed by atoms with E-state index < -0.39 is 5.60 Å². The van der Waals surface area contributed by atoms with Crippen molar-refractivity contribution >= 4 is 17.6 Å². The summed E-state index contributed by atoms with van der Waals surface area (Å²) in [5, 5.41) is 15.6. The minimum Gasteiger partial charge on any atom is -0.456 e. The number of benzene rings is 1. The van der Waals surface area contributed by atoms with Gasteiger partial charge in [-0.15, -0.1) is 0 Å². The Hall–Kier alpha value is -3.33. The van der Waals surface area contributed by atoms with E-state index in [4.69, 9.17) is 4.74 Å². The molecule has 1 aliphatic carbocycles. The Kier molecular flexibility index (Phi) is 7.23. The van der Waals surface area contributed by atoms with Gasteiger partial charge < -0.3 is 15.4 Å². The summed E-state index contributed by atoms with van der Waals surface area (Å²) in [6.45, 7) is 12.7. The Balaban J connectivity index is 2.19. The van der Waals surface area contributed by atoms with Gasteiger partial charge in [-0.3, -0.25) is 4.79 Å². The van der Waals surface area contributed by atoms with Crippen molar-refractivity contribution < 1.29 is 14.3 Å². The standard InChI is InChI=1S/C24H29N3O3/c1-15-7-12-22(21(15)13-19(14-25)16(2)26-17(3)28)27-20-10-8-18(9-11-20)23(29)30-24(4,5)6/h8-11,13,22,27H,1,7,12H2,2-6H3,(H,26,28)/b19-16-,21-13+. The van der Waals surface area contributed by atoms with Crippen molar-refractivity contribution in [1.29, 1.82) is 5.26 Å². The molecule has 0 saturated heterocycles. The Morgan fingerprint density at radius 1 is 1.23 bits per heavy atom. The maximum Gasteiger partial charge on any atom is 0.338 e. The second-order valence-electron chi connectivity index (χ2n) is 8.35. The normalized spacial score (nSPS) is 18.5. The molecule has 30 heavy (non-hydrogen) atoms. The average Bonchev–Trinajstić information content (AvgIpc) is 2.97. The molecule has 0 radical (unpaired) electrons. The summed E-state index contributed by atoms with van der Waals surface area (Å²) < 4.78 is 5.39. The molecule has 0 aromatic heterocycles. The molecule has 1 aromatic rings. The molecule has 0 aliphatic heterocycles. The summed E-state index contributed by atoms with van der Waals surface area (Å²) in [6.07, 6.45) is 3.45. The molecule has 1 aliphatic rings. The lowest BCUT2D eigenvalue weighted by molar-refractivity contribution is -0.118. The highest BCUT2D eigenvalue weighted by Gasteiger charge is 2.25. The van der Waals surface area contributed by atoms with Gasteiger partial charge in [0.1, 0.15) is 11.7 Å². The molecule has 0 bridgehead atoms. The van der Waals surface area contributed by atoms with Gasteiger partial charge in [0.25, 0.3) is 0 Å². The first-order valence-electron chi connectivity index (χ1n) is 9.88. The van der Waals surface area contributed by atoms with Gasteiger partial charge in [0.15, 0.2) is 0 Å². The summed E-state index contributed by atoms with van der Waals surface area (Å²) in [7, 11) is 0. The lowest BCUT2D eigenvalue weighted by Crippen LogP contribution is -2.24. The molecule has 6 nitrogen and oxygen atoms in total. The minimum absolute atomic E-state index is 0.0154. The predicted molar refractivity (Wildman–Crippen MR) is 118 cm³/mol. The first kappa shape index (κ1) is 23.0. The molecule has 158 valence electrons. The van der Waals surface area contributed by atoms with Gasteiger partial charge in [0.05, 0.1) is 17.2 Å². The summed E-state index contributed by atoms with van der Waals surface area (Å²) in [5.41, 5.74) is 3.61. The Labute approximate surface area is 178 Å². The number of amides is 1. The van der Waals surface area contributed by atoms with Crippen LogP contribution in [0.4, 0.5) is 5.69 Å². The molecular weight excluding hydrogens is 378 g/mol. The number of nitrogens with zero attached hydrogens (tertiary/aromatic N) is 1. The van der Waals surface area contributed by atoms with Gasteiger partial charge in [-0.1, -0.05) is 6.58 Å². The molecule has 1 atom stereocenters. The highest BCUT2D eigenvalue weighted by molar-refractivity contribution is 5.90. The molecule has 1 amide bonds. The molecule has 0 heterocycles. The third kappa shape index (κ3) is 6.35. The number of hydrogen-bond donors (Lipinski definition) is 2. The number of nitrogens with one attached hydrogen (secondary N) is 2. The van der Waals surface area contributed by atoms with Crippen LogP contribution in [0.25, 0.3) is 0 Å². The number of esters is 1. The van der Waals surface area contributed by atoms with Crippen molar-refractivity contribution in [1.82, 2.24) is 5.32 Å². The largest absolute Gasteiger partial charge is 0.456 e. The fraction of sp³-hybridized carbons (Fsp3) is 0.375. The smallest absolute Gasteiger partial charge is 0.338 e. The molecular formula is C24H29N3O3. The van der Waals surface area contributed by atoms with Gasteiger partial charge in [0, 0.05) is 18.3 Å². The number of ether oxygens (including phenoxy) is 1. The number of hydrogen-bond acceptors (Lipinski definition) is 5. The summed E-state index contributed by atoms with van der Waals surface area (Å²) >= 11 is 0. The second kappa shape index (κ2) is 9.45. The minimum atomic E-state index is -0.542. The van der Waals surface area contributed by atoms with Gasteiger partial charge in [0.2, 0.25) is 5.91 Å². The van der Waals surface area contributed by atoms with E-state index in [0.29, 0.717) is 16.8 Å². The van der Waals surface area contributed by atoms with Crippen molar-refractivity contribution in [3.8, 4) is 6.07 Å². The summed E-state index contributed by atoms with van der Waals surface area (Å²) in [6, 6.07) is 9.25. The Morgan fingerprint density at radius 3 is 2.40 bits per heavy atom. The maximum atomic E-state index is 12.2. The SMILES string of the molecule is C=C1CCC(Nc2ccc(C(=O)OC(C)(C)C)cc2)/C1=C/C(C#N)=C(\C)NC(C)=O. The lowest BCUT2D eigenvalue weighted by Gasteiger charge is -2.20. The summed E-state index contributed by atoms with van der Waals surface area (Å²) in [4.78, 5) is 23.5. The molecule has 1 aromatic carbocycles. The number of anilines is 1. The van der Waals surface area contributed by atoms with Crippen LogP contribution in [0, 0.1) is 11.3 Å². The third-order valence-electron chi connectivity index (χ3n) is 4.57. The van der Waals surface area contributed by atoms with Crippen LogP contribution in [-0.2, 0) is 9.53 Å². The van der Waals surface area contributed by atoms with Gasteiger partial charge >= 0.3 is 5.97 Å². The zero-order valence-corrected chi connectivity index (χ0v) is 18.3. The highest BCUT2D eigenvalue weighted by Crippen LogP contribution is 2.33. The fourth-order valence-electron chi connectivity index (χ4n) is 3.17. The van der Waals surface area contributed by atoms with Crippen LogP contribution in [0.3, 0.4) is 0 Å². The highest BCUT2D eigenvalue weighted by atomic mass is 16.6. The van der Waals surface area contributed by atoms with Crippen molar-refractivity contribution in [2.45, 2.75) is 59.1 Å². The van der Waals surface area contributed by atoms with Crippen LogP contribution >= 0.6 is 0 Å². The second-order valence-corrected chi connectivity index (χ2v) is 8.35. The Morgan fingerprint density at radius 2 is 1.87 bits per heavy atom. The van der Waals surface area contributed by atoms with Gasteiger partial charge in [-0.2, -0.15) is 5.26 Å². The van der Waals surface area contributed by atoms with E-state index in [0.717, 1.165) is 29.7 Å². The number of carbonyl (C=O) groups is 2. The van der Waals surface area contributed by atoms with E-state index in [1.54, 1.807) is 25.1 Å². The van der Waals surface area contributed by atoms with E-state index in [-0.39, 0.29) is 17.9 Å². The van der Waals surface area contributed by atoms with E-state index >= 15 is 0 Å². The molecule has 1 unspecified atom stereocenters. The van der Waals surface area contributed by atoms with Crippen molar-refractivity contribution in [2.75, 3.05) is 5.32 Å². The van der Waals surface area contributed by atoms with Crippen molar-refractivity contribution in [3.63, 3.8) is 0 Å². The molecule has 1 fully saturated rings. The first-order valence-corrected chi connectivity index (χ1v) is 9.88. The van der Waals surface area contributed by atoms with Crippen LogP contribution in [0.2, 0.25) is 0 Å². The van der Waals surface area contributed by atoms with E-state index in [1.165, 1.54) is 6.92 Å². The number of nitriles is 1. The third-order valence-corrected chi connectivity index (χ3v) is 4.57. The topological polar surface area (TPSA) is 91.2 Å². The number of carbonyl (C=O) groups excluding carboxylic acids is 2. The van der Waals surface area contributed by atoms with Crippen LogP contribution in [0.5, 0.6) is 0 Å². The van der Waals surface area contributed by atoms with Gasteiger partial charge in [-0.05, 0) is 82.0 Å².